The molecule has 0 saturated carbocycles. The quantitative estimate of drug-likeness (QED) is 0.358. The van der Waals surface area contributed by atoms with Crippen molar-refractivity contribution in [3.63, 3.8) is 0 Å². The Morgan fingerprint density at radius 1 is 0.714 bits per heavy atom. The Morgan fingerprint density at radius 2 is 1.29 bits per heavy atom. The summed E-state index contributed by atoms with van der Waals surface area (Å²) in [5, 5.41) is 0. The van der Waals surface area contributed by atoms with Crippen LogP contribution >= 0.6 is 17.4 Å². The molecular formula is S2Se5. The van der Waals surface area contributed by atoms with E-state index in [2.05, 4.69) is 17.4 Å². The van der Waals surface area contributed by atoms with E-state index in [1.54, 1.807) is 0 Å². The second-order valence-electron chi connectivity index (χ2n) is 0.476. The molecule has 0 atom stereocenters. The second kappa shape index (κ2) is 5.79. The molecule has 0 bridgehead atoms. The van der Waals surface area contributed by atoms with E-state index in [4.69, 9.17) is 0 Å². The van der Waals surface area contributed by atoms with Gasteiger partial charge in [-0.05, 0) is 0 Å². The molecule has 0 fully saturated rings. The number of hydrogen-bond donors (Lipinski definition) is 0. The van der Waals surface area contributed by atoms with Crippen molar-refractivity contribution < 1.29 is 0 Å². The molecule has 42 valence electrons. The standard InChI is InChI=1S/S2Se5/c1-2-4-6-7-5-3-1. The van der Waals surface area contributed by atoms with Crippen LogP contribution in [0.3, 0.4) is 0 Å². The third kappa shape index (κ3) is 4.44. The van der Waals surface area contributed by atoms with Gasteiger partial charge in [0.25, 0.3) is 0 Å². The second-order valence-corrected chi connectivity index (χ2v) is 46.0. The molecule has 0 saturated heterocycles. The third-order valence-corrected chi connectivity index (χ3v) is 84.1. The molecule has 0 N–H and O–H groups in total. The van der Waals surface area contributed by atoms with Crippen molar-refractivity contribution in [3.05, 3.63) is 0 Å². The van der Waals surface area contributed by atoms with Crippen LogP contribution in [0.1, 0.15) is 0 Å². The molecule has 0 aromatic carbocycles. The van der Waals surface area contributed by atoms with E-state index in [9.17, 15) is 0 Å². The Bertz CT molecular complexity index is 94.1. The van der Waals surface area contributed by atoms with Gasteiger partial charge < -0.3 is 0 Å². The van der Waals surface area contributed by atoms with Crippen LogP contribution in [0.4, 0.5) is 0 Å². The molecule has 0 aliphatic heterocycles. The van der Waals surface area contributed by atoms with Crippen LogP contribution in [0.15, 0.2) is 0 Å². The summed E-state index contributed by atoms with van der Waals surface area (Å²) in [4.78, 5) is 0. The average molecular weight is 459 g/mol. The van der Waals surface area contributed by atoms with Gasteiger partial charge in [0.1, 0.15) is 0 Å². The molecular weight excluding hydrogens is 459 g/mol. The van der Waals surface area contributed by atoms with Gasteiger partial charge in [-0.3, -0.25) is 0 Å². The minimum atomic E-state index is 1.04. The van der Waals surface area contributed by atoms with Gasteiger partial charge in [0.2, 0.25) is 0 Å². The zero-order valence-electron chi connectivity index (χ0n) is 2.86. The molecule has 0 aliphatic rings. The minimum absolute atomic E-state index is 1.04. The summed E-state index contributed by atoms with van der Waals surface area (Å²) < 4.78 is 0. The third-order valence-electron chi connectivity index (χ3n) is 0.194. The van der Waals surface area contributed by atoms with Crippen molar-refractivity contribution in [2.24, 2.45) is 0 Å². The van der Waals surface area contributed by atoms with Crippen LogP contribution in [-0.4, -0.2) is 55.2 Å². The average Bonchev–Trinajstić information content (AvgIpc) is 1.90. The van der Waals surface area contributed by atoms with Crippen LogP contribution in [0.25, 0.3) is 0 Å². The van der Waals surface area contributed by atoms with E-state index in [-0.39, 0.29) is 0 Å². The molecule has 0 aliphatic carbocycles. The summed E-state index contributed by atoms with van der Waals surface area (Å²) in [7, 11) is 7.84. The molecule has 0 radical (unpaired) electrons. The Balaban J connectivity index is 3.06. The molecule has 1 heterocycles. The van der Waals surface area contributed by atoms with E-state index in [1.807, 2.05) is 0 Å². The maximum atomic E-state index is 2.18. The summed E-state index contributed by atoms with van der Waals surface area (Å²) in [5.41, 5.74) is 0. The van der Waals surface area contributed by atoms with Gasteiger partial charge in [-0.1, -0.05) is 0 Å². The molecule has 0 amide bonds. The first-order valence-corrected chi connectivity index (χ1v) is 24.7. The van der Waals surface area contributed by atoms with Crippen molar-refractivity contribution in [1.82, 2.24) is 0 Å². The molecule has 7 heavy (non-hydrogen) atoms. The van der Waals surface area contributed by atoms with Crippen LogP contribution in [-0.2, 0) is 0 Å². The molecule has 0 nitrogen and oxygen atoms in total. The fourth-order valence-corrected chi connectivity index (χ4v) is 150. The zero-order valence-corrected chi connectivity index (χ0v) is 13.1. The maximum absolute atomic E-state index is 2.18. The van der Waals surface area contributed by atoms with Crippen LogP contribution in [0.2, 0.25) is 0 Å². The predicted octanol–water partition coefficient (Wildman–Crippen LogP) is -0.657. The van der Waals surface area contributed by atoms with E-state index >= 15 is 0 Å². The SMILES string of the molecule is s1s[se][se][se][se][se]1. The van der Waals surface area contributed by atoms with E-state index in [0.717, 1.165) is 44.5 Å². The van der Waals surface area contributed by atoms with Crippen molar-refractivity contribution in [3.8, 4) is 0 Å². The normalized spacial score (nSPS) is 8.00. The first-order valence-electron chi connectivity index (χ1n) is 1.17. The first kappa shape index (κ1) is 8.14. The van der Waals surface area contributed by atoms with Crippen molar-refractivity contribution in [2.45, 2.75) is 0 Å². The Kier molecular flexibility index (Phi) is 6.74. The topological polar surface area (TPSA) is 0 Å². The van der Waals surface area contributed by atoms with Crippen LogP contribution < -0.4 is 0 Å². The van der Waals surface area contributed by atoms with E-state index < -0.39 is 0 Å². The van der Waals surface area contributed by atoms with Crippen LogP contribution in [0, 0.1) is 0 Å². The van der Waals surface area contributed by atoms with Gasteiger partial charge in [-0.2, -0.15) is 0 Å². The fraction of sp³-hybridized carbons (Fsp3) is 0. The Morgan fingerprint density at radius 3 is 1.86 bits per heavy atom. The molecule has 0 spiro atoms. The monoisotopic (exact) mass is 464 g/mol. The van der Waals surface area contributed by atoms with Gasteiger partial charge in [-0.15, -0.1) is 0 Å². The molecule has 1 aromatic rings. The van der Waals surface area contributed by atoms with Crippen molar-refractivity contribution in [1.29, 1.82) is 0 Å². The molecule has 1 rings (SSSR count). The Hall–Kier alpha value is 3.04. The van der Waals surface area contributed by atoms with Crippen molar-refractivity contribution >= 4 is 72.7 Å². The van der Waals surface area contributed by atoms with Crippen molar-refractivity contribution in [2.75, 3.05) is 0 Å². The summed E-state index contributed by atoms with van der Waals surface area (Å²) >= 11 is 2.08. The van der Waals surface area contributed by atoms with Gasteiger partial charge >= 0.3 is 72.7 Å². The fourth-order valence-electron chi connectivity index (χ4n) is 0.0794. The van der Waals surface area contributed by atoms with Gasteiger partial charge in [-0.25, -0.2) is 0 Å². The van der Waals surface area contributed by atoms with Gasteiger partial charge in [0.15, 0.2) is 0 Å². The zero-order chi connectivity index (χ0) is 4.95. The first-order chi connectivity index (χ1) is 3.50. The molecule has 1 aromatic heterocycles. The predicted molar refractivity (Wildman–Crippen MR) is 42.2 cm³/mol. The number of rotatable bonds is 0. The summed E-state index contributed by atoms with van der Waals surface area (Å²) in [6.45, 7) is 0. The van der Waals surface area contributed by atoms with E-state index in [0.29, 0.717) is 0 Å². The van der Waals surface area contributed by atoms with Crippen LogP contribution in [0.5, 0.6) is 0 Å². The Labute approximate surface area is 71.1 Å². The summed E-state index contributed by atoms with van der Waals surface area (Å²) in [5.74, 6) is 0. The van der Waals surface area contributed by atoms with Gasteiger partial charge in [0, 0.05) is 0 Å². The van der Waals surface area contributed by atoms with Gasteiger partial charge in [0.05, 0.1) is 0 Å². The molecule has 7 heteroatoms. The summed E-state index contributed by atoms with van der Waals surface area (Å²) in [6, 6.07) is 0. The number of hydrogen-bond acceptors (Lipinski definition) is 2. The summed E-state index contributed by atoms with van der Waals surface area (Å²) in [6.07, 6.45) is 0. The van der Waals surface area contributed by atoms with E-state index in [1.165, 1.54) is 10.8 Å². The molecule has 0 unspecified atom stereocenters.